The Balaban J connectivity index is -0.00000196. The van der Waals surface area contributed by atoms with Crippen LogP contribution in [-0.4, -0.2) is 24.5 Å². The summed E-state index contributed by atoms with van der Waals surface area (Å²) in [5.74, 6) is 0.424. The summed E-state index contributed by atoms with van der Waals surface area (Å²) >= 11 is 0. The maximum Gasteiger partial charge on any atom is 0.163 e. The van der Waals surface area contributed by atoms with Gasteiger partial charge in [0.15, 0.2) is 11.6 Å². The lowest BCUT2D eigenvalue weighted by molar-refractivity contribution is 0.0981. The molecule has 2 aromatic rings. The Morgan fingerprint density at radius 2 is 1.19 bits per heavy atom. The van der Waals surface area contributed by atoms with E-state index in [4.69, 9.17) is 4.74 Å². The molecule has 176 valence electrons. The molecule has 0 radical (unpaired) electrons. The number of hydrogen-bond acceptors (Lipinski definition) is 6. The minimum absolute atomic E-state index is 0. The van der Waals surface area contributed by atoms with Crippen molar-refractivity contribution in [3.8, 4) is 11.5 Å². The molecular weight excluding hydrogens is 416 g/mol. The second kappa shape index (κ2) is 14.5. The van der Waals surface area contributed by atoms with Crippen LogP contribution in [0.15, 0.2) is 47.4 Å². The first-order chi connectivity index (χ1) is 12.7. The number of rotatable bonds is 9. The second-order valence-electron chi connectivity index (χ2n) is 6.12. The Morgan fingerprint density at radius 3 is 1.55 bits per heavy atom. The molecule has 0 spiro atoms. The molecule has 0 saturated heterocycles. The molecule has 0 aliphatic rings. The smallest absolute Gasteiger partial charge is 0.163 e. The van der Waals surface area contributed by atoms with Crippen LogP contribution in [0.25, 0.3) is 0 Å². The topological polar surface area (TPSA) is 101 Å². The first kappa shape index (κ1) is 33.1. The Labute approximate surface area is 188 Å². The van der Waals surface area contributed by atoms with E-state index in [1.165, 1.54) is 12.1 Å². The summed E-state index contributed by atoms with van der Waals surface area (Å²) in [4.78, 5) is 24.2. The molecule has 2 aromatic carbocycles. The third-order valence-corrected chi connectivity index (χ3v) is 4.70. The second-order valence-corrected chi connectivity index (χ2v) is 7.50. The zero-order valence-electron chi connectivity index (χ0n) is 15.2. The summed E-state index contributed by atoms with van der Waals surface area (Å²) in [6.45, 7) is 3.79. The summed E-state index contributed by atoms with van der Waals surface area (Å²) in [5, 5.41) is 0. The Morgan fingerprint density at radius 1 is 0.774 bits per heavy atom. The van der Waals surface area contributed by atoms with Gasteiger partial charge in [0.2, 0.25) is 0 Å². The van der Waals surface area contributed by atoms with Gasteiger partial charge in [0, 0.05) is 24.0 Å². The van der Waals surface area contributed by atoms with E-state index in [0.29, 0.717) is 42.6 Å². The first-order valence-electron chi connectivity index (χ1n) is 8.70. The van der Waals surface area contributed by atoms with E-state index in [0.717, 1.165) is 12.1 Å². The monoisotopic (exact) mass is 453 g/mol. The van der Waals surface area contributed by atoms with Crippen LogP contribution in [0.1, 0.15) is 90.0 Å². The summed E-state index contributed by atoms with van der Waals surface area (Å²) in [6.07, 6.45) is 2.10. The highest BCUT2D eigenvalue weighted by Crippen LogP contribution is 2.26. The third-order valence-electron chi connectivity index (χ3n) is 3.85. The van der Waals surface area contributed by atoms with Crippen LogP contribution in [0, 0.1) is 0 Å². The zero-order chi connectivity index (χ0) is 20.0. The first-order valence-corrected chi connectivity index (χ1v) is 10.1. The molecule has 0 bridgehead atoms. The number of ether oxygens (including phenoxy) is 1. The molecule has 0 N–H and O–H groups in total. The molecule has 0 atom stereocenters. The molecular formula is C24H37O6S-. The molecule has 0 unspecified atom stereocenters. The molecule has 0 aliphatic heterocycles. The minimum Gasteiger partial charge on any atom is -0.744 e. The number of carbonyl (C=O) groups excluding carboxylic acids is 2. The molecule has 2 rings (SSSR count). The summed E-state index contributed by atoms with van der Waals surface area (Å²) in [7, 11) is -4.54. The molecule has 0 fully saturated rings. The van der Waals surface area contributed by atoms with E-state index in [1.54, 1.807) is 18.2 Å². The number of Topliss-reactive ketones (excluding diaryl/α,β-unsaturated/α-hetero) is 2. The normalized spacial score (nSPS) is 9.77. The van der Waals surface area contributed by atoms with E-state index in [9.17, 15) is 22.6 Å². The van der Waals surface area contributed by atoms with Crippen molar-refractivity contribution in [2.24, 2.45) is 0 Å². The minimum atomic E-state index is -4.54. The van der Waals surface area contributed by atoms with E-state index < -0.39 is 10.1 Å². The predicted molar refractivity (Wildman–Crippen MR) is 126 cm³/mol. The van der Waals surface area contributed by atoms with Gasteiger partial charge in [-0.3, -0.25) is 9.59 Å². The van der Waals surface area contributed by atoms with E-state index >= 15 is 0 Å². The van der Waals surface area contributed by atoms with Crippen LogP contribution >= 0.6 is 0 Å². The highest BCUT2D eigenvalue weighted by atomic mass is 32.2. The fourth-order valence-electron chi connectivity index (χ4n) is 2.53. The fourth-order valence-corrected chi connectivity index (χ4v) is 3.00. The van der Waals surface area contributed by atoms with Gasteiger partial charge in [-0.2, -0.15) is 0 Å². The maximum absolute atomic E-state index is 12.3. The van der Waals surface area contributed by atoms with Crippen molar-refractivity contribution in [3.63, 3.8) is 0 Å². The highest BCUT2D eigenvalue weighted by molar-refractivity contribution is 7.85. The lowest BCUT2D eigenvalue weighted by atomic mass is 10.00. The van der Waals surface area contributed by atoms with Gasteiger partial charge < -0.3 is 9.29 Å². The van der Waals surface area contributed by atoms with Gasteiger partial charge in [-0.05, 0) is 55.3 Å². The van der Waals surface area contributed by atoms with Crippen molar-refractivity contribution in [2.75, 3.05) is 0 Å². The summed E-state index contributed by atoms with van der Waals surface area (Å²) < 4.78 is 38.7. The molecule has 31 heavy (non-hydrogen) atoms. The SMILES string of the molecule is C.C.C.C.CCCC(=O)c1cc(Oc2ccc(S(=O)(=O)[O-])cc2)cc(C(=O)CCC)c1. The predicted octanol–water partition coefficient (Wildman–Crippen LogP) is 6.89. The number of carbonyl (C=O) groups is 2. The van der Waals surface area contributed by atoms with Crippen molar-refractivity contribution in [3.05, 3.63) is 53.6 Å². The van der Waals surface area contributed by atoms with Gasteiger partial charge in [0.1, 0.15) is 21.6 Å². The molecule has 0 amide bonds. The van der Waals surface area contributed by atoms with E-state index in [1.807, 2.05) is 13.8 Å². The number of benzene rings is 2. The van der Waals surface area contributed by atoms with E-state index in [-0.39, 0.29) is 51.9 Å². The Hall–Kier alpha value is -2.51. The van der Waals surface area contributed by atoms with Gasteiger partial charge in [-0.15, -0.1) is 0 Å². The van der Waals surface area contributed by atoms with Crippen molar-refractivity contribution in [2.45, 2.75) is 74.1 Å². The van der Waals surface area contributed by atoms with Crippen LogP contribution in [0.4, 0.5) is 0 Å². The molecule has 0 saturated carbocycles. The Bertz CT molecular complexity index is 895. The van der Waals surface area contributed by atoms with E-state index in [2.05, 4.69) is 0 Å². The zero-order valence-corrected chi connectivity index (χ0v) is 16.0. The number of hydrogen-bond donors (Lipinski definition) is 0. The largest absolute Gasteiger partial charge is 0.744 e. The Kier molecular flexibility index (Phi) is 15.5. The van der Waals surface area contributed by atoms with Crippen LogP contribution < -0.4 is 4.74 Å². The van der Waals surface area contributed by atoms with Crippen molar-refractivity contribution < 1.29 is 27.3 Å². The van der Waals surface area contributed by atoms with Crippen LogP contribution in [0.2, 0.25) is 0 Å². The van der Waals surface area contributed by atoms with Gasteiger partial charge in [0.25, 0.3) is 0 Å². The van der Waals surface area contributed by atoms with Gasteiger partial charge in [0.05, 0.1) is 4.90 Å². The summed E-state index contributed by atoms with van der Waals surface area (Å²) in [5.41, 5.74) is 0.792. The van der Waals surface area contributed by atoms with Crippen LogP contribution in [0.3, 0.4) is 0 Å². The average molecular weight is 454 g/mol. The average Bonchev–Trinajstić information content (AvgIpc) is 2.61. The molecule has 7 heteroatoms. The van der Waals surface area contributed by atoms with Crippen LogP contribution in [-0.2, 0) is 10.1 Å². The van der Waals surface area contributed by atoms with Gasteiger partial charge >= 0.3 is 0 Å². The highest BCUT2D eigenvalue weighted by Gasteiger charge is 2.14. The fraction of sp³-hybridized carbons (Fsp3) is 0.417. The molecule has 0 heterocycles. The van der Waals surface area contributed by atoms with Crippen molar-refractivity contribution in [1.82, 2.24) is 0 Å². The standard InChI is InChI=1S/C20H22O6S.4CH4/c1-3-5-19(21)14-11-15(20(22)6-4-2)13-17(12-14)26-16-7-9-18(10-8-16)27(23,24)25;;;;/h7-13H,3-6H2,1-2H3,(H,23,24,25);4*1H4/p-1. The summed E-state index contributed by atoms with van der Waals surface area (Å²) in [6, 6.07) is 9.67. The molecule has 0 aliphatic carbocycles. The lowest BCUT2D eigenvalue weighted by Crippen LogP contribution is -2.04. The molecule has 6 nitrogen and oxygen atoms in total. The number of ketones is 2. The van der Waals surface area contributed by atoms with Crippen molar-refractivity contribution >= 4 is 21.7 Å². The lowest BCUT2D eigenvalue weighted by Gasteiger charge is -2.11. The quantitative estimate of drug-likeness (QED) is 0.302. The maximum atomic E-state index is 12.3. The van der Waals surface area contributed by atoms with Crippen LogP contribution in [0.5, 0.6) is 11.5 Å². The molecule has 0 aromatic heterocycles. The van der Waals surface area contributed by atoms with Crippen molar-refractivity contribution in [1.29, 1.82) is 0 Å². The third kappa shape index (κ3) is 9.44. The van der Waals surface area contributed by atoms with Gasteiger partial charge in [-0.1, -0.05) is 43.6 Å². The van der Waals surface area contributed by atoms with Gasteiger partial charge in [-0.25, -0.2) is 8.42 Å².